The van der Waals surface area contributed by atoms with Crippen LogP contribution in [-0.2, 0) is 17.8 Å². The second kappa shape index (κ2) is 9.18. The highest BCUT2D eigenvalue weighted by Gasteiger charge is 2.28. The topological polar surface area (TPSA) is 154 Å². The molecule has 2 aliphatic rings. The minimum Gasteiger partial charge on any atom is -0.512 e. The van der Waals surface area contributed by atoms with Crippen molar-refractivity contribution in [2.75, 3.05) is 7.05 Å². The first-order chi connectivity index (χ1) is 16.9. The van der Waals surface area contributed by atoms with Crippen LogP contribution in [0, 0.1) is 11.3 Å². The molecule has 1 unspecified atom stereocenters. The van der Waals surface area contributed by atoms with Gasteiger partial charge >= 0.3 is 6.03 Å². The number of hydrogen-bond acceptors (Lipinski definition) is 8. The smallest absolute Gasteiger partial charge is 0.331 e. The monoisotopic (exact) mass is 475 g/mol. The van der Waals surface area contributed by atoms with E-state index in [0.717, 1.165) is 29.5 Å². The lowest BCUT2D eigenvalue weighted by Gasteiger charge is -2.25. The van der Waals surface area contributed by atoms with Gasteiger partial charge in [-0.15, -0.1) is 0 Å². The molecule has 1 aliphatic heterocycles. The summed E-state index contributed by atoms with van der Waals surface area (Å²) in [7, 11) is 1.59. The van der Waals surface area contributed by atoms with E-state index in [1.54, 1.807) is 37.5 Å². The van der Waals surface area contributed by atoms with Crippen LogP contribution >= 0.6 is 0 Å². The molecule has 1 atom stereocenters. The van der Waals surface area contributed by atoms with E-state index in [0.29, 0.717) is 30.1 Å². The second-order valence-corrected chi connectivity index (χ2v) is 8.55. The third kappa shape index (κ3) is 4.71. The van der Waals surface area contributed by atoms with Crippen LogP contribution in [0.25, 0.3) is 10.9 Å². The van der Waals surface area contributed by atoms with Crippen LogP contribution < -0.4 is 20.7 Å². The molecule has 11 nitrogen and oxygen atoms in total. The molecule has 0 spiro atoms. The SMILES string of the molecule is CNC(=O)C1Cc2c(ncnc2Oc2ccc3c(ccn3C(=O)NC(=N)/C=C(\O)C3CC3)c2)CN1. The van der Waals surface area contributed by atoms with Crippen molar-refractivity contribution in [2.45, 2.75) is 31.8 Å². The Hall–Kier alpha value is -4.25. The van der Waals surface area contributed by atoms with Gasteiger partial charge in [-0.2, -0.15) is 0 Å². The molecular formula is C24H25N7O4. The Labute approximate surface area is 200 Å². The van der Waals surface area contributed by atoms with Gasteiger partial charge in [0, 0.05) is 49.2 Å². The predicted octanol–water partition coefficient (Wildman–Crippen LogP) is 2.37. The van der Waals surface area contributed by atoms with E-state index < -0.39 is 12.1 Å². The number of likely N-dealkylation sites (N-methyl/N-ethyl adjacent to an activating group) is 1. The molecule has 3 heterocycles. The number of amidine groups is 1. The van der Waals surface area contributed by atoms with Gasteiger partial charge in [0.15, 0.2) is 0 Å². The standard InChI is InChI=1S/C24H25N7O4/c1-26-22(33)17-9-16-18(11-27-17)28-12-29-23(16)35-15-4-5-19-14(8-15)6-7-31(19)24(34)30-21(25)10-20(32)13-2-3-13/h4-8,10,12-13,17,27,32H,2-3,9,11H2,1H3,(H,26,33)(H2,25,30,34)/b20-10-. The summed E-state index contributed by atoms with van der Waals surface area (Å²) >= 11 is 0. The van der Waals surface area contributed by atoms with E-state index in [-0.39, 0.29) is 23.4 Å². The fourth-order valence-corrected chi connectivity index (χ4v) is 4.06. The molecule has 11 heteroatoms. The number of fused-ring (bicyclic) bond motifs is 2. The van der Waals surface area contributed by atoms with Crippen molar-refractivity contribution >= 4 is 28.7 Å². The van der Waals surface area contributed by atoms with Gasteiger partial charge in [0.25, 0.3) is 0 Å². The maximum absolute atomic E-state index is 12.7. The maximum atomic E-state index is 12.7. The number of aliphatic hydroxyl groups is 1. The van der Waals surface area contributed by atoms with Crippen LogP contribution in [0.4, 0.5) is 4.79 Å². The van der Waals surface area contributed by atoms with Gasteiger partial charge in [0.2, 0.25) is 11.8 Å². The molecule has 1 aliphatic carbocycles. The largest absolute Gasteiger partial charge is 0.512 e. The Morgan fingerprint density at radius 1 is 1.29 bits per heavy atom. The number of benzene rings is 1. The molecule has 180 valence electrons. The number of aliphatic hydroxyl groups excluding tert-OH is 1. The molecule has 1 saturated carbocycles. The maximum Gasteiger partial charge on any atom is 0.331 e. The predicted molar refractivity (Wildman–Crippen MR) is 128 cm³/mol. The van der Waals surface area contributed by atoms with Crippen LogP contribution in [0.15, 0.2) is 48.6 Å². The Bertz CT molecular complexity index is 1360. The van der Waals surface area contributed by atoms with Crippen molar-refractivity contribution in [1.29, 1.82) is 5.41 Å². The molecule has 5 N–H and O–H groups in total. The summed E-state index contributed by atoms with van der Waals surface area (Å²) in [5.74, 6) is 0.856. The lowest BCUT2D eigenvalue weighted by atomic mass is 10.00. The van der Waals surface area contributed by atoms with Gasteiger partial charge in [-0.3, -0.25) is 25.4 Å². The van der Waals surface area contributed by atoms with Gasteiger partial charge in [-0.05, 0) is 37.1 Å². The second-order valence-electron chi connectivity index (χ2n) is 8.55. The number of hydrogen-bond donors (Lipinski definition) is 5. The molecule has 2 aromatic heterocycles. The van der Waals surface area contributed by atoms with Crippen molar-refractivity contribution in [3.05, 3.63) is 59.9 Å². The Morgan fingerprint density at radius 2 is 2.11 bits per heavy atom. The third-order valence-corrected chi connectivity index (χ3v) is 6.11. The molecule has 0 saturated heterocycles. The van der Waals surface area contributed by atoms with E-state index in [4.69, 9.17) is 10.1 Å². The fourth-order valence-electron chi connectivity index (χ4n) is 4.06. The Kier molecular flexibility index (Phi) is 5.91. The number of amides is 2. The average Bonchev–Trinajstić information content (AvgIpc) is 3.63. The van der Waals surface area contributed by atoms with Crippen LogP contribution in [0.5, 0.6) is 11.6 Å². The quantitative estimate of drug-likeness (QED) is 0.216. The average molecular weight is 476 g/mol. The molecule has 5 rings (SSSR count). The number of ether oxygens (including phenoxy) is 1. The van der Waals surface area contributed by atoms with Crippen LogP contribution in [0.1, 0.15) is 24.1 Å². The minimum atomic E-state index is -0.504. The number of rotatable bonds is 5. The molecule has 35 heavy (non-hydrogen) atoms. The number of carbonyl (C=O) groups excluding carboxylic acids is 2. The van der Waals surface area contributed by atoms with Crippen LogP contribution in [0.2, 0.25) is 0 Å². The molecular weight excluding hydrogens is 450 g/mol. The normalized spacial score (nSPS) is 17.5. The molecule has 1 aromatic carbocycles. The minimum absolute atomic E-state index is 0.101. The lowest BCUT2D eigenvalue weighted by molar-refractivity contribution is -0.122. The van der Waals surface area contributed by atoms with E-state index in [1.165, 1.54) is 17.0 Å². The number of aromatic nitrogens is 3. The first kappa shape index (κ1) is 22.5. The molecule has 0 radical (unpaired) electrons. The molecule has 1 fully saturated rings. The zero-order valence-electron chi connectivity index (χ0n) is 19.0. The van der Waals surface area contributed by atoms with Gasteiger partial charge in [0.05, 0.1) is 23.0 Å². The van der Waals surface area contributed by atoms with Crippen LogP contribution in [-0.4, -0.2) is 50.5 Å². The highest BCUT2D eigenvalue weighted by Crippen LogP contribution is 2.34. The first-order valence-electron chi connectivity index (χ1n) is 11.3. The van der Waals surface area contributed by atoms with Crippen molar-refractivity contribution in [1.82, 2.24) is 30.5 Å². The summed E-state index contributed by atoms with van der Waals surface area (Å²) in [6.07, 6.45) is 6.52. The zero-order valence-corrected chi connectivity index (χ0v) is 19.0. The summed E-state index contributed by atoms with van der Waals surface area (Å²) in [4.78, 5) is 33.3. The van der Waals surface area contributed by atoms with Gasteiger partial charge < -0.3 is 15.2 Å². The highest BCUT2D eigenvalue weighted by atomic mass is 16.5. The Balaban J connectivity index is 1.33. The van der Waals surface area contributed by atoms with E-state index in [9.17, 15) is 14.7 Å². The van der Waals surface area contributed by atoms with Crippen molar-refractivity contribution in [3.8, 4) is 11.6 Å². The zero-order chi connectivity index (χ0) is 24.5. The Morgan fingerprint density at radius 3 is 2.89 bits per heavy atom. The summed E-state index contributed by atoms with van der Waals surface area (Å²) < 4.78 is 7.45. The fraction of sp³-hybridized carbons (Fsp3) is 0.292. The molecule has 2 amide bonds. The highest BCUT2D eigenvalue weighted by molar-refractivity contribution is 6.05. The van der Waals surface area contributed by atoms with Crippen molar-refractivity contribution < 1.29 is 19.4 Å². The summed E-state index contributed by atoms with van der Waals surface area (Å²) in [6, 6.07) is 6.13. The summed E-state index contributed by atoms with van der Waals surface area (Å²) in [5.41, 5.74) is 2.19. The van der Waals surface area contributed by atoms with E-state index >= 15 is 0 Å². The van der Waals surface area contributed by atoms with E-state index in [1.807, 2.05) is 0 Å². The van der Waals surface area contributed by atoms with Crippen molar-refractivity contribution in [2.24, 2.45) is 5.92 Å². The lowest BCUT2D eigenvalue weighted by Crippen LogP contribution is -2.47. The molecule has 0 bridgehead atoms. The van der Waals surface area contributed by atoms with Crippen LogP contribution in [0.3, 0.4) is 0 Å². The van der Waals surface area contributed by atoms with Gasteiger partial charge in [0.1, 0.15) is 17.9 Å². The summed E-state index contributed by atoms with van der Waals surface area (Å²) in [6.45, 7) is 0.436. The number of allylic oxidation sites excluding steroid dienone is 1. The molecule has 3 aromatic rings. The summed E-state index contributed by atoms with van der Waals surface area (Å²) in [5, 5.41) is 26.8. The number of carbonyl (C=O) groups is 2. The van der Waals surface area contributed by atoms with Gasteiger partial charge in [-0.25, -0.2) is 14.8 Å². The first-order valence-corrected chi connectivity index (χ1v) is 11.3. The van der Waals surface area contributed by atoms with Crippen molar-refractivity contribution in [3.63, 3.8) is 0 Å². The third-order valence-electron chi connectivity index (χ3n) is 6.11. The van der Waals surface area contributed by atoms with Gasteiger partial charge in [-0.1, -0.05) is 0 Å². The number of nitrogens with zero attached hydrogens (tertiary/aromatic N) is 3. The van der Waals surface area contributed by atoms with E-state index in [2.05, 4.69) is 25.9 Å². The number of nitrogens with one attached hydrogen (secondary N) is 4.